The summed E-state index contributed by atoms with van der Waals surface area (Å²) in [7, 11) is 2.01. The van der Waals surface area contributed by atoms with Crippen LogP contribution in [0.3, 0.4) is 0 Å². The summed E-state index contributed by atoms with van der Waals surface area (Å²) in [5, 5.41) is 0. The molecule has 1 aromatic rings. The van der Waals surface area contributed by atoms with Crippen LogP contribution in [0.5, 0.6) is 0 Å². The Hall–Kier alpha value is -1.25. The lowest BCUT2D eigenvalue weighted by Gasteiger charge is -2.23. The van der Waals surface area contributed by atoms with E-state index in [9.17, 15) is 0 Å². The molecule has 0 spiro atoms. The van der Waals surface area contributed by atoms with Gasteiger partial charge in [0.15, 0.2) is 0 Å². The highest BCUT2D eigenvalue weighted by Crippen LogP contribution is 2.26. The third kappa shape index (κ3) is 2.65. The summed E-state index contributed by atoms with van der Waals surface area (Å²) in [6.45, 7) is 9.52. The van der Waals surface area contributed by atoms with Crippen LogP contribution >= 0.6 is 0 Å². The van der Waals surface area contributed by atoms with Crippen molar-refractivity contribution in [2.45, 2.75) is 34.1 Å². The molecule has 3 heteroatoms. The molecule has 0 atom stereocenters. The fraction of sp³-hybridized carbons (Fsp3) is 0.615. The Morgan fingerprint density at radius 2 is 2.06 bits per heavy atom. The Morgan fingerprint density at radius 3 is 2.44 bits per heavy atom. The minimum Gasteiger partial charge on any atom is -0.397 e. The molecule has 0 fully saturated rings. The molecule has 1 rings (SSSR count). The number of hydrogen-bond acceptors (Lipinski definition) is 2. The molecule has 0 radical (unpaired) electrons. The fourth-order valence-electron chi connectivity index (χ4n) is 1.74. The van der Waals surface area contributed by atoms with Gasteiger partial charge in [-0.15, -0.1) is 0 Å². The molecule has 0 unspecified atom stereocenters. The summed E-state index contributed by atoms with van der Waals surface area (Å²) in [6, 6.07) is 1.93. The van der Waals surface area contributed by atoms with Crippen LogP contribution < -0.4 is 5.73 Å². The highest BCUT2D eigenvalue weighted by atomic mass is 15.0. The second-order valence-corrected chi connectivity index (χ2v) is 5.21. The number of rotatable bonds is 3. The van der Waals surface area contributed by atoms with E-state index in [2.05, 4.69) is 32.3 Å². The summed E-state index contributed by atoms with van der Waals surface area (Å²) in [6.07, 6.45) is 3.04. The third-order valence-corrected chi connectivity index (χ3v) is 2.53. The van der Waals surface area contributed by atoms with Crippen molar-refractivity contribution in [3.63, 3.8) is 0 Å². The van der Waals surface area contributed by atoms with E-state index in [0.29, 0.717) is 0 Å². The van der Waals surface area contributed by atoms with Gasteiger partial charge in [-0.25, -0.2) is 0 Å². The van der Waals surface area contributed by atoms with Crippen molar-refractivity contribution in [2.24, 2.45) is 17.5 Å². The lowest BCUT2D eigenvalue weighted by molar-refractivity contribution is 0.584. The van der Waals surface area contributed by atoms with Gasteiger partial charge in [-0.2, -0.15) is 0 Å². The molecule has 16 heavy (non-hydrogen) atoms. The van der Waals surface area contributed by atoms with Crippen LogP contribution in [-0.4, -0.2) is 16.8 Å². The Balaban J connectivity index is 3.22. The number of anilines is 1. The molecule has 3 nitrogen and oxygen atoms in total. The summed E-state index contributed by atoms with van der Waals surface area (Å²) in [5.74, 6) is 0. The number of nitrogen functional groups attached to an aromatic ring is 1. The normalized spacial score (nSPS) is 13.2. The van der Waals surface area contributed by atoms with Gasteiger partial charge in [0, 0.05) is 25.2 Å². The first-order chi connectivity index (χ1) is 7.38. The van der Waals surface area contributed by atoms with Gasteiger partial charge in [0.05, 0.1) is 17.1 Å². The van der Waals surface area contributed by atoms with Crippen molar-refractivity contribution in [1.29, 1.82) is 0 Å². The topological polar surface area (TPSA) is 43.3 Å². The minimum atomic E-state index is 0.0232. The molecule has 0 aliphatic heterocycles. The summed E-state index contributed by atoms with van der Waals surface area (Å²) in [5.41, 5.74) is 9.00. The predicted octanol–water partition coefficient (Wildman–Crippen LogP) is 2.85. The highest BCUT2D eigenvalue weighted by Gasteiger charge is 2.24. The molecule has 0 aromatic carbocycles. The molecular formula is C13H23N3. The molecule has 0 saturated carbocycles. The first-order valence-corrected chi connectivity index (χ1v) is 5.84. The largest absolute Gasteiger partial charge is 0.397 e. The van der Waals surface area contributed by atoms with Crippen LogP contribution in [0.4, 0.5) is 5.69 Å². The number of aromatic nitrogens is 1. The highest BCUT2D eigenvalue weighted by molar-refractivity contribution is 6.06. The number of aryl methyl sites for hydroxylation is 1. The predicted molar refractivity (Wildman–Crippen MR) is 71.0 cm³/mol. The molecular weight excluding hydrogens is 198 g/mol. The maximum Gasteiger partial charge on any atom is 0.0857 e. The molecule has 1 heterocycles. The van der Waals surface area contributed by atoms with Crippen LogP contribution in [0.1, 0.15) is 39.8 Å². The van der Waals surface area contributed by atoms with Crippen molar-refractivity contribution in [3.05, 3.63) is 18.0 Å². The average Bonchev–Trinajstić information content (AvgIpc) is 2.47. The van der Waals surface area contributed by atoms with E-state index in [1.54, 1.807) is 0 Å². The second-order valence-electron chi connectivity index (χ2n) is 5.21. The lowest BCUT2D eigenvalue weighted by Crippen LogP contribution is -2.25. The zero-order chi connectivity index (χ0) is 12.3. The molecule has 2 N–H and O–H groups in total. The zero-order valence-corrected chi connectivity index (χ0v) is 11.0. The van der Waals surface area contributed by atoms with E-state index in [1.807, 2.05) is 19.3 Å². The Morgan fingerprint density at radius 1 is 1.44 bits per heavy atom. The van der Waals surface area contributed by atoms with Crippen molar-refractivity contribution < 1.29 is 0 Å². The Bertz CT molecular complexity index is 361. The van der Waals surface area contributed by atoms with E-state index in [0.717, 1.165) is 30.1 Å². The van der Waals surface area contributed by atoms with Gasteiger partial charge in [-0.1, -0.05) is 27.7 Å². The van der Waals surface area contributed by atoms with Crippen molar-refractivity contribution >= 4 is 11.4 Å². The van der Waals surface area contributed by atoms with Crippen molar-refractivity contribution in [3.8, 4) is 0 Å². The number of aliphatic imine (C=N–C) groups is 1. The van der Waals surface area contributed by atoms with Gasteiger partial charge in [0.2, 0.25) is 0 Å². The number of hydrogen-bond donors (Lipinski definition) is 1. The lowest BCUT2D eigenvalue weighted by atomic mass is 9.87. The SMILES string of the molecule is CCC/N=C(\c1c(N)ccn1C)C(C)(C)C. The standard InChI is InChI=1S/C13H23N3/c1-6-8-15-12(13(2,3)4)11-10(14)7-9-16(11)5/h7,9H,6,8,14H2,1-5H3/b15-12+. The molecule has 0 amide bonds. The van der Waals surface area contributed by atoms with Gasteiger partial charge in [-0.3, -0.25) is 4.99 Å². The molecule has 0 aliphatic carbocycles. The number of nitrogens with zero attached hydrogens (tertiary/aromatic N) is 2. The van der Waals surface area contributed by atoms with Gasteiger partial charge >= 0.3 is 0 Å². The smallest absolute Gasteiger partial charge is 0.0857 e. The second kappa shape index (κ2) is 4.73. The Kier molecular flexibility index (Phi) is 3.79. The van der Waals surface area contributed by atoms with Crippen LogP contribution in [0.15, 0.2) is 17.3 Å². The average molecular weight is 221 g/mol. The summed E-state index contributed by atoms with van der Waals surface area (Å²) >= 11 is 0. The summed E-state index contributed by atoms with van der Waals surface area (Å²) < 4.78 is 2.05. The van der Waals surface area contributed by atoms with Crippen molar-refractivity contribution in [2.75, 3.05) is 12.3 Å². The maximum atomic E-state index is 6.01. The van der Waals surface area contributed by atoms with E-state index in [4.69, 9.17) is 10.7 Å². The van der Waals surface area contributed by atoms with Gasteiger partial charge in [0.1, 0.15) is 0 Å². The third-order valence-electron chi connectivity index (χ3n) is 2.53. The number of nitrogens with two attached hydrogens (primary N) is 1. The van der Waals surface area contributed by atoms with Crippen LogP contribution in [0.2, 0.25) is 0 Å². The van der Waals surface area contributed by atoms with Gasteiger partial charge in [0.25, 0.3) is 0 Å². The first-order valence-electron chi connectivity index (χ1n) is 5.84. The van der Waals surface area contributed by atoms with Crippen LogP contribution in [0.25, 0.3) is 0 Å². The minimum absolute atomic E-state index is 0.0232. The fourth-order valence-corrected chi connectivity index (χ4v) is 1.74. The molecule has 0 bridgehead atoms. The summed E-state index contributed by atoms with van der Waals surface area (Å²) in [4.78, 5) is 4.69. The zero-order valence-electron chi connectivity index (χ0n) is 11.0. The molecule has 1 aromatic heterocycles. The van der Waals surface area contributed by atoms with Gasteiger partial charge in [-0.05, 0) is 12.5 Å². The van der Waals surface area contributed by atoms with E-state index >= 15 is 0 Å². The monoisotopic (exact) mass is 221 g/mol. The van der Waals surface area contributed by atoms with Gasteiger partial charge < -0.3 is 10.3 Å². The van der Waals surface area contributed by atoms with Crippen molar-refractivity contribution in [1.82, 2.24) is 4.57 Å². The van der Waals surface area contributed by atoms with Crippen LogP contribution in [0, 0.1) is 5.41 Å². The maximum absolute atomic E-state index is 6.01. The van der Waals surface area contributed by atoms with E-state index in [-0.39, 0.29) is 5.41 Å². The Labute approximate surface area is 98.4 Å². The molecule has 90 valence electrons. The quantitative estimate of drug-likeness (QED) is 0.784. The molecule has 0 saturated heterocycles. The molecule has 0 aliphatic rings. The van der Waals surface area contributed by atoms with E-state index in [1.165, 1.54) is 0 Å². The first kappa shape index (κ1) is 12.8. The van der Waals surface area contributed by atoms with Crippen LogP contribution in [-0.2, 0) is 7.05 Å². The van der Waals surface area contributed by atoms with E-state index < -0.39 is 0 Å².